The van der Waals surface area contributed by atoms with Crippen LogP contribution in [0.3, 0.4) is 0 Å². The van der Waals surface area contributed by atoms with Gasteiger partial charge in [0, 0.05) is 5.92 Å². The van der Waals surface area contributed by atoms with Crippen molar-refractivity contribution in [2.45, 2.75) is 68.5 Å². The van der Waals surface area contributed by atoms with E-state index in [1.165, 1.54) is 28.1 Å². The number of nitrogens with one attached hydrogen (secondary N) is 1. The molecule has 3 aromatic rings. The van der Waals surface area contributed by atoms with Crippen molar-refractivity contribution in [1.29, 1.82) is 0 Å². The molecule has 18 nitrogen and oxygen atoms in total. The van der Waals surface area contributed by atoms with Crippen molar-refractivity contribution in [3.8, 4) is 0 Å². The number of alkyl halides is 1. The molecule has 0 amide bonds. The number of rotatable bonds is 2. The molecule has 10 unspecified atom stereocenters. The lowest BCUT2D eigenvalue weighted by Gasteiger charge is -2.26. The Morgan fingerprint density at radius 1 is 1.07 bits per heavy atom. The average Bonchev–Trinajstić information content (AvgIpc) is 3.69. The van der Waals surface area contributed by atoms with E-state index in [4.69, 9.17) is 35.7 Å². The first-order chi connectivity index (χ1) is 20.1. The molecule has 7 heterocycles. The van der Waals surface area contributed by atoms with Gasteiger partial charge >= 0.3 is 7.82 Å². The molecule has 7 rings (SSSR count). The van der Waals surface area contributed by atoms with E-state index in [0.29, 0.717) is 29.7 Å². The molecule has 9 N–H and O–H groups in total. The van der Waals surface area contributed by atoms with E-state index in [9.17, 15) is 14.6 Å². The van der Waals surface area contributed by atoms with Crippen LogP contribution in [0.5, 0.6) is 0 Å². The number of halogens is 1. The molecule has 0 aromatic carbocycles. The minimum atomic E-state index is -4.88. The molecular formula is C22H29FN11O7P. The molecule has 3 aromatic heterocycles. The van der Waals surface area contributed by atoms with Gasteiger partial charge in [0.2, 0.25) is 0 Å². The number of phosphoric acid groups is 1. The fourth-order valence-electron chi connectivity index (χ4n) is 6.03. The van der Waals surface area contributed by atoms with Crippen LogP contribution in [-0.4, -0.2) is 82.2 Å². The van der Waals surface area contributed by atoms with Gasteiger partial charge in [-0.1, -0.05) is 6.42 Å². The van der Waals surface area contributed by atoms with Gasteiger partial charge in [0.25, 0.3) is 0 Å². The Balaban J connectivity index is 1.15. The van der Waals surface area contributed by atoms with Crippen LogP contribution in [0.4, 0.5) is 16.0 Å². The Bertz CT molecular complexity index is 1590. The largest absolute Gasteiger partial charge is 0.472 e. The summed E-state index contributed by atoms with van der Waals surface area (Å²) in [5.41, 5.74) is 18.8. The number of hydrogen-bond acceptors (Lipinski definition) is 15. The van der Waals surface area contributed by atoms with Crippen molar-refractivity contribution >= 4 is 36.6 Å². The van der Waals surface area contributed by atoms with Crippen LogP contribution in [0.25, 0.3) is 11.2 Å². The van der Waals surface area contributed by atoms with E-state index in [0.717, 1.165) is 0 Å². The van der Waals surface area contributed by atoms with Crippen LogP contribution in [0.2, 0.25) is 0 Å². The Morgan fingerprint density at radius 2 is 1.86 bits per heavy atom. The summed E-state index contributed by atoms with van der Waals surface area (Å²) < 4.78 is 54.7. The first-order valence-corrected chi connectivity index (χ1v) is 14.8. The third kappa shape index (κ3) is 4.53. The highest BCUT2D eigenvalue weighted by atomic mass is 31.2. The number of hydrogen-bond donors (Lipinski definition) is 6. The Labute approximate surface area is 236 Å². The molecular weight excluding hydrogens is 580 g/mol. The van der Waals surface area contributed by atoms with Gasteiger partial charge in [-0.25, -0.2) is 28.9 Å². The number of phosphoric ester groups is 1. The molecule has 4 aliphatic heterocycles. The van der Waals surface area contributed by atoms with Crippen LogP contribution in [0.15, 0.2) is 24.0 Å². The molecule has 226 valence electrons. The first kappa shape index (κ1) is 27.5. The molecule has 0 spiro atoms. The number of aliphatic imine (C=N–C) groups is 1. The van der Waals surface area contributed by atoms with Gasteiger partial charge in [-0.15, -0.1) is 0 Å². The van der Waals surface area contributed by atoms with Crippen LogP contribution in [-0.2, 0) is 23.1 Å². The molecule has 42 heavy (non-hydrogen) atoms. The summed E-state index contributed by atoms with van der Waals surface area (Å²) in [6.07, 6.45) is -4.15. The molecule has 3 fully saturated rings. The van der Waals surface area contributed by atoms with Gasteiger partial charge in [0.15, 0.2) is 41.9 Å². The van der Waals surface area contributed by atoms with Gasteiger partial charge in [-0.3, -0.25) is 18.2 Å². The second-order valence-corrected chi connectivity index (χ2v) is 12.0. The number of nitrogens with two attached hydrogens (primary N) is 3. The predicted molar refractivity (Wildman–Crippen MR) is 140 cm³/mol. The average molecular weight is 610 g/mol. The van der Waals surface area contributed by atoms with E-state index < -0.39 is 69.6 Å². The minimum absolute atomic E-state index is 0.0191. The van der Waals surface area contributed by atoms with Gasteiger partial charge in [0.1, 0.15) is 35.9 Å². The molecule has 0 aliphatic carbocycles. The molecule has 20 heteroatoms. The second-order valence-electron chi connectivity index (χ2n) is 10.6. The van der Waals surface area contributed by atoms with Crippen LogP contribution < -0.4 is 22.5 Å². The number of guanidine groups is 1. The number of anilines is 1. The van der Waals surface area contributed by atoms with Crippen molar-refractivity contribution in [2.75, 3.05) is 12.3 Å². The zero-order valence-corrected chi connectivity index (χ0v) is 22.8. The zero-order chi connectivity index (χ0) is 29.3. The third-order valence-corrected chi connectivity index (χ3v) is 9.01. The lowest BCUT2D eigenvalue weighted by molar-refractivity contribution is -0.0564. The lowest BCUT2D eigenvalue weighted by atomic mass is 9.91. The first-order valence-electron chi connectivity index (χ1n) is 13.3. The number of imidazole rings is 2. The number of nitrogen functional groups attached to an aromatic ring is 1. The highest BCUT2D eigenvalue weighted by Crippen LogP contribution is 2.52. The van der Waals surface area contributed by atoms with Crippen LogP contribution in [0.1, 0.15) is 43.6 Å². The van der Waals surface area contributed by atoms with Crippen molar-refractivity contribution in [2.24, 2.45) is 22.4 Å². The van der Waals surface area contributed by atoms with E-state index in [1.54, 1.807) is 0 Å². The topological polar surface area (TPSA) is 258 Å². The predicted octanol–water partition coefficient (Wildman–Crippen LogP) is -0.392. The molecule has 3 saturated heterocycles. The Morgan fingerprint density at radius 3 is 2.69 bits per heavy atom. The van der Waals surface area contributed by atoms with Gasteiger partial charge in [-0.05, 0) is 12.8 Å². The number of aromatic nitrogens is 6. The van der Waals surface area contributed by atoms with Crippen LogP contribution in [0, 0.1) is 5.92 Å². The quantitative estimate of drug-likeness (QED) is 0.202. The number of fused-ring (bicyclic) bond motifs is 5. The van der Waals surface area contributed by atoms with Crippen molar-refractivity contribution < 1.29 is 37.5 Å². The summed E-state index contributed by atoms with van der Waals surface area (Å²) in [6, 6.07) is 0. The minimum Gasteiger partial charge on any atom is -0.388 e. The summed E-state index contributed by atoms with van der Waals surface area (Å²) in [5.74, 6) is -0.159. The fraction of sp³-hybridized carbons (Fsp3) is 0.591. The van der Waals surface area contributed by atoms with Crippen molar-refractivity contribution in [3.05, 3.63) is 24.7 Å². The SMILES string of the molecule is NC1=Nc2c(ncn2C2OC3CCCC4C(COP(=O)(O)OC2C3F)OC(n2cnc3c(N)ncnc32)C4O)C(N)N1. The van der Waals surface area contributed by atoms with Crippen molar-refractivity contribution in [3.63, 3.8) is 0 Å². The normalized spacial score (nSPS) is 38.7. The summed E-state index contributed by atoms with van der Waals surface area (Å²) in [7, 11) is -4.88. The second kappa shape index (κ2) is 10.2. The molecule has 4 aliphatic rings. The van der Waals surface area contributed by atoms with Gasteiger partial charge in [-0.2, -0.15) is 4.99 Å². The highest BCUT2D eigenvalue weighted by molar-refractivity contribution is 7.47. The molecule has 0 radical (unpaired) electrons. The summed E-state index contributed by atoms with van der Waals surface area (Å²) in [4.78, 5) is 31.4. The lowest BCUT2D eigenvalue weighted by Crippen LogP contribution is -2.41. The maximum atomic E-state index is 15.8. The summed E-state index contributed by atoms with van der Waals surface area (Å²) >= 11 is 0. The monoisotopic (exact) mass is 609 g/mol. The summed E-state index contributed by atoms with van der Waals surface area (Å²) in [6.45, 7) is -0.420. The van der Waals surface area contributed by atoms with E-state index in [2.05, 4.69) is 30.2 Å². The number of aliphatic hydroxyl groups excluding tert-OH is 1. The van der Waals surface area contributed by atoms with Gasteiger partial charge in [0.05, 0.1) is 31.5 Å². The molecule has 2 bridgehead atoms. The van der Waals surface area contributed by atoms with Crippen LogP contribution >= 0.6 is 7.82 Å². The maximum absolute atomic E-state index is 15.8. The maximum Gasteiger partial charge on any atom is 0.472 e. The van der Waals surface area contributed by atoms with E-state index in [-0.39, 0.29) is 24.0 Å². The summed E-state index contributed by atoms with van der Waals surface area (Å²) in [5, 5.41) is 14.0. The van der Waals surface area contributed by atoms with Gasteiger partial charge < -0.3 is 42.0 Å². The highest BCUT2D eigenvalue weighted by Gasteiger charge is 2.52. The van der Waals surface area contributed by atoms with E-state index >= 15 is 4.39 Å². The Hall–Kier alpha value is -3.29. The molecule has 10 atom stereocenters. The number of aliphatic hydroxyl groups is 1. The number of nitrogens with zero attached hydrogens (tertiary/aromatic N) is 7. The van der Waals surface area contributed by atoms with E-state index in [1.807, 2.05) is 0 Å². The molecule has 0 saturated carbocycles. The Kier molecular flexibility index (Phi) is 6.66. The smallest absolute Gasteiger partial charge is 0.388 e. The standard InChI is InChI=1S/C22H29FN11O7P/c23-11-9-3-1-2-8-10(40-20(14(8)35)33-6-29-12-16(24)27-5-28-18(12)33)4-38-42(36,37)41-15(11)21(39-9)34-7-30-13-17(25)31-22(26)32-19(13)34/h5-11,14-15,17,20-21,35H,1-4,25H2,(H,36,37)(H2,24,27,28)(H3,26,31,32). The zero-order valence-electron chi connectivity index (χ0n) is 21.9. The van der Waals surface area contributed by atoms with Crippen molar-refractivity contribution in [1.82, 2.24) is 34.4 Å². The third-order valence-electron chi connectivity index (χ3n) is 8.02. The number of ether oxygens (including phenoxy) is 2. The fourth-order valence-corrected chi connectivity index (χ4v) is 6.95.